The average molecular weight is 299 g/mol. The Morgan fingerprint density at radius 2 is 2.35 bits per heavy atom. The molecule has 0 aromatic carbocycles. The summed E-state index contributed by atoms with van der Waals surface area (Å²) in [5, 5.41) is 19.4. The SMILES string of the molecule is CC1SCC(C(=O)O)N1C(=O)NCCc1nncn1C. The molecule has 110 valence electrons. The average Bonchev–Trinajstić information content (AvgIpc) is 2.96. The van der Waals surface area contributed by atoms with Gasteiger partial charge < -0.3 is 15.0 Å². The van der Waals surface area contributed by atoms with Gasteiger partial charge in [0.1, 0.15) is 18.2 Å². The Kier molecular flexibility index (Phi) is 4.48. The van der Waals surface area contributed by atoms with Crippen LogP contribution in [0, 0.1) is 0 Å². The van der Waals surface area contributed by atoms with Gasteiger partial charge in [-0.05, 0) is 6.92 Å². The summed E-state index contributed by atoms with van der Waals surface area (Å²) in [6.45, 7) is 2.22. The van der Waals surface area contributed by atoms with E-state index in [2.05, 4.69) is 15.5 Å². The molecule has 1 aliphatic rings. The first kappa shape index (κ1) is 14.6. The standard InChI is InChI=1S/C11H17N5O3S/c1-7-16(8(5-20-7)10(17)18)11(19)12-4-3-9-14-13-6-15(9)2/h6-8H,3-5H2,1-2H3,(H,12,19)(H,17,18). The van der Waals surface area contributed by atoms with Crippen molar-refractivity contribution < 1.29 is 14.7 Å². The largest absolute Gasteiger partial charge is 0.480 e. The molecular formula is C11H17N5O3S. The number of amides is 2. The number of hydrogen-bond acceptors (Lipinski definition) is 5. The molecule has 1 saturated heterocycles. The molecule has 1 aromatic rings. The lowest BCUT2D eigenvalue weighted by Crippen LogP contribution is -2.49. The minimum Gasteiger partial charge on any atom is -0.480 e. The zero-order valence-corrected chi connectivity index (χ0v) is 12.1. The maximum absolute atomic E-state index is 12.1. The minimum atomic E-state index is -0.967. The first-order chi connectivity index (χ1) is 9.50. The van der Waals surface area contributed by atoms with Gasteiger partial charge in [-0.25, -0.2) is 9.59 Å². The van der Waals surface area contributed by atoms with Gasteiger partial charge in [0, 0.05) is 25.8 Å². The lowest BCUT2D eigenvalue weighted by Gasteiger charge is -2.25. The number of carbonyl (C=O) groups excluding carboxylic acids is 1. The van der Waals surface area contributed by atoms with Crippen molar-refractivity contribution in [3.63, 3.8) is 0 Å². The van der Waals surface area contributed by atoms with Gasteiger partial charge in [0.25, 0.3) is 0 Å². The van der Waals surface area contributed by atoms with E-state index in [0.29, 0.717) is 18.7 Å². The maximum Gasteiger partial charge on any atom is 0.327 e. The molecule has 2 N–H and O–H groups in total. The van der Waals surface area contributed by atoms with Gasteiger partial charge in [0.15, 0.2) is 0 Å². The molecule has 0 radical (unpaired) electrons. The summed E-state index contributed by atoms with van der Waals surface area (Å²) in [4.78, 5) is 24.6. The van der Waals surface area contributed by atoms with Crippen LogP contribution in [0.4, 0.5) is 4.79 Å². The van der Waals surface area contributed by atoms with E-state index in [1.165, 1.54) is 16.7 Å². The van der Waals surface area contributed by atoms with Crippen LogP contribution in [0.3, 0.4) is 0 Å². The van der Waals surface area contributed by atoms with E-state index in [-0.39, 0.29) is 11.4 Å². The molecule has 0 bridgehead atoms. The van der Waals surface area contributed by atoms with Gasteiger partial charge in [0.05, 0.1) is 5.37 Å². The van der Waals surface area contributed by atoms with E-state index in [0.717, 1.165) is 5.82 Å². The Morgan fingerprint density at radius 1 is 1.60 bits per heavy atom. The molecule has 20 heavy (non-hydrogen) atoms. The number of aromatic nitrogens is 3. The topological polar surface area (TPSA) is 100 Å². The lowest BCUT2D eigenvalue weighted by molar-refractivity contribution is -0.141. The fourth-order valence-electron chi connectivity index (χ4n) is 2.05. The highest BCUT2D eigenvalue weighted by atomic mass is 32.2. The number of hydrogen-bond donors (Lipinski definition) is 2. The fourth-order valence-corrected chi connectivity index (χ4v) is 3.21. The monoisotopic (exact) mass is 299 g/mol. The van der Waals surface area contributed by atoms with Crippen LogP contribution in [-0.2, 0) is 18.3 Å². The molecule has 2 heterocycles. The van der Waals surface area contributed by atoms with E-state index < -0.39 is 12.0 Å². The van der Waals surface area contributed by atoms with Crippen molar-refractivity contribution in [1.82, 2.24) is 25.0 Å². The third-order valence-corrected chi connectivity index (χ3v) is 4.39. The van der Waals surface area contributed by atoms with Gasteiger partial charge in [0.2, 0.25) is 0 Å². The third-order valence-electron chi connectivity index (χ3n) is 3.17. The normalized spacial score (nSPS) is 22.0. The number of urea groups is 1. The number of nitrogens with zero attached hydrogens (tertiary/aromatic N) is 4. The third kappa shape index (κ3) is 3.03. The predicted molar refractivity (Wildman–Crippen MR) is 73.3 cm³/mol. The summed E-state index contributed by atoms with van der Waals surface area (Å²) in [6, 6.07) is -1.11. The Hall–Kier alpha value is -1.77. The van der Waals surface area contributed by atoms with Crippen LogP contribution in [0.25, 0.3) is 0 Å². The Balaban J connectivity index is 1.88. The molecule has 8 nitrogen and oxygen atoms in total. The van der Waals surface area contributed by atoms with Crippen molar-refractivity contribution >= 4 is 23.8 Å². The van der Waals surface area contributed by atoms with Crippen LogP contribution in [0.5, 0.6) is 0 Å². The van der Waals surface area contributed by atoms with Crippen molar-refractivity contribution in [3.8, 4) is 0 Å². The van der Waals surface area contributed by atoms with Crippen molar-refractivity contribution in [2.75, 3.05) is 12.3 Å². The van der Waals surface area contributed by atoms with Gasteiger partial charge >= 0.3 is 12.0 Å². The Morgan fingerprint density at radius 3 is 2.95 bits per heavy atom. The minimum absolute atomic E-state index is 0.133. The van der Waals surface area contributed by atoms with Crippen molar-refractivity contribution in [1.29, 1.82) is 0 Å². The van der Waals surface area contributed by atoms with Crippen LogP contribution in [0.15, 0.2) is 6.33 Å². The summed E-state index contributed by atoms with van der Waals surface area (Å²) < 4.78 is 1.78. The summed E-state index contributed by atoms with van der Waals surface area (Å²) in [5.41, 5.74) is 0. The molecule has 2 amide bonds. The van der Waals surface area contributed by atoms with Crippen molar-refractivity contribution in [3.05, 3.63) is 12.2 Å². The summed E-state index contributed by atoms with van der Waals surface area (Å²) in [5.74, 6) is 0.224. The summed E-state index contributed by atoms with van der Waals surface area (Å²) in [6.07, 6.45) is 2.14. The number of aliphatic carboxylic acids is 1. The highest BCUT2D eigenvalue weighted by Gasteiger charge is 2.39. The number of nitrogens with one attached hydrogen (secondary N) is 1. The first-order valence-corrected chi connectivity index (χ1v) is 7.29. The number of thioether (sulfide) groups is 1. The summed E-state index contributed by atoms with van der Waals surface area (Å²) in [7, 11) is 1.83. The van der Waals surface area contributed by atoms with Crippen LogP contribution in [0.1, 0.15) is 12.7 Å². The van der Waals surface area contributed by atoms with E-state index >= 15 is 0 Å². The highest BCUT2D eigenvalue weighted by molar-refractivity contribution is 8.00. The van der Waals surface area contributed by atoms with E-state index in [9.17, 15) is 9.59 Å². The van der Waals surface area contributed by atoms with E-state index in [4.69, 9.17) is 5.11 Å². The quantitative estimate of drug-likeness (QED) is 0.806. The van der Waals surface area contributed by atoms with Crippen molar-refractivity contribution in [2.45, 2.75) is 24.8 Å². The van der Waals surface area contributed by atoms with Crippen LogP contribution in [0.2, 0.25) is 0 Å². The first-order valence-electron chi connectivity index (χ1n) is 6.24. The highest BCUT2D eigenvalue weighted by Crippen LogP contribution is 2.28. The molecule has 2 unspecified atom stereocenters. The molecule has 0 saturated carbocycles. The molecule has 2 rings (SSSR count). The molecule has 2 atom stereocenters. The van der Waals surface area contributed by atoms with Gasteiger partial charge in [-0.1, -0.05) is 0 Å². The van der Waals surface area contributed by atoms with Crippen LogP contribution in [-0.4, -0.2) is 60.5 Å². The zero-order valence-electron chi connectivity index (χ0n) is 11.3. The van der Waals surface area contributed by atoms with Gasteiger partial charge in [-0.15, -0.1) is 22.0 Å². The molecule has 1 aliphatic heterocycles. The number of carboxylic acid groups (broad SMARTS) is 1. The second-order valence-electron chi connectivity index (χ2n) is 4.53. The second-order valence-corrected chi connectivity index (χ2v) is 5.88. The van der Waals surface area contributed by atoms with Gasteiger partial charge in [-0.2, -0.15) is 0 Å². The Labute approximate surface area is 120 Å². The molecule has 1 fully saturated rings. The maximum atomic E-state index is 12.1. The smallest absolute Gasteiger partial charge is 0.327 e. The predicted octanol–water partition coefficient (Wildman–Crippen LogP) is -0.0848. The zero-order chi connectivity index (χ0) is 14.7. The van der Waals surface area contributed by atoms with E-state index in [1.807, 2.05) is 14.0 Å². The fraction of sp³-hybridized carbons (Fsp3) is 0.636. The second kappa shape index (κ2) is 6.12. The number of aryl methyl sites for hydroxylation is 1. The molecule has 0 aliphatic carbocycles. The molecule has 1 aromatic heterocycles. The van der Waals surface area contributed by atoms with Crippen molar-refractivity contribution in [2.24, 2.45) is 7.05 Å². The van der Waals surface area contributed by atoms with Crippen LogP contribution >= 0.6 is 11.8 Å². The van der Waals surface area contributed by atoms with Crippen LogP contribution < -0.4 is 5.32 Å². The molecular weight excluding hydrogens is 282 g/mol. The molecule has 9 heteroatoms. The lowest BCUT2D eigenvalue weighted by atomic mass is 10.3. The molecule has 0 spiro atoms. The Bertz CT molecular complexity index is 506. The summed E-state index contributed by atoms with van der Waals surface area (Å²) >= 11 is 1.46. The number of carbonyl (C=O) groups is 2. The number of carboxylic acids is 1. The number of rotatable bonds is 4. The van der Waals surface area contributed by atoms with E-state index in [1.54, 1.807) is 10.9 Å². The van der Waals surface area contributed by atoms with Gasteiger partial charge in [-0.3, -0.25) is 4.90 Å².